The molecule has 1 fully saturated rings. The van der Waals surface area contributed by atoms with E-state index in [4.69, 9.17) is 39.9 Å². The first-order valence-corrected chi connectivity index (χ1v) is 27.8. The fraction of sp³-hybridized carbons (Fsp3) is 0.708. The van der Waals surface area contributed by atoms with Crippen LogP contribution in [0.2, 0.25) is 0 Å². The van der Waals surface area contributed by atoms with Gasteiger partial charge in [-0.1, -0.05) is 23.7 Å². The number of rotatable bonds is 21. The van der Waals surface area contributed by atoms with Crippen molar-refractivity contribution in [2.24, 2.45) is 14.6 Å². The number of aliphatic hydroxyl groups excluding tert-OH is 1. The number of ether oxygens (including phenoxy) is 6. The quantitative estimate of drug-likeness (QED) is 0.0172. The van der Waals surface area contributed by atoms with Crippen LogP contribution in [0, 0.1) is 6.42 Å². The Morgan fingerprint density at radius 2 is 1.39 bits per heavy atom. The summed E-state index contributed by atoms with van der Waals surface area (Å²) < 4.78 is 60.6. The average Bonchev–Trinajstić information content (AvgIpc) is 3.80. The Labute approximate surface area is 463 Å². The summed E-state index contributed by atoms with van der Waals surface area (Å²) in [4.78, 5) is 35.4. The number of pyridine rings is 2. The van der Waals surface area contributed by atoms with Crippen molar-refractivity contribution in [3.05, 3.63) is 75.1 Å². The van der Waals surface area contributed by atoms with Crippen LogP contribution in [0.25, 0.3) is 20.9 Å². The predicted molar refractivity (Wildman–Crippen MR) is 294 cm³/mol. The third kappa shape index (κ3) is 53.1. The number of hydrogen-bond acceptors (Lipinski definition) is 15. The molecule has 0 amide bonds. The van der Waals surface area contributed by atoms with E-state index >= 15 is 0 Å². The molecule has 0 aromatic carbocycles. The SMILES string of the molecule is C.CC(C)(C)[S@@](=O)N=Cc1ccc(OCCCN=[N+]=[N-])nc1.CC(C)OC(C)C.CCOC(=O)C[C@H](N[S@](=O)C(C)(C)C)c1ccc(OCCCN=[N+]=[N-])nc1.CCOC(C)=O.C[CH-]C.O.OC1CCCO1.[Cl][Ti+]. The summed E-state index contributed by atoms with van der Waals surface area (Å²) in [5, 5.41) is 15.3. The Hall–Kier alpha value is -3.77. The van der Waals surface area contributed by atoms with Crippen LogP contribution in [-0.4, -0.2) is 121 Å². The molecular weight excluding hydrogens is 1060 g/mol. The summed E-state index contributed by atoms with van der Waals surface area (Å²) in [7, 11) is 2.00. The maximum absolute atomic E-state index is 12.5. The van der Waals surface area contributed by atoms with Gasteiger partial charge in [-0.2, -0.15) is 18.2 Å². The molecule has 2 aromatic rings. The standard InChI is InChI=1S/C17H27N5O4S.C13H19N5O2S.C6H14O.2C4H8O2.C3H7.CH4.ClH.H2O.Ti/c1-5-25-16(23)11-14(21-27(24)17(2,3)4)13-7-8-15(19-12-13)26-10-6-9-20-22-18;1-13(2,3)21(19)17-10-11-5-6-12(15-9-11)20-8-4-7-16-18-14;1-5(2)7-6(3)4;5-4-2-1-3-6-4;1-3-6-4(2)5;1-3-2;;;;/h7-8,12,14,21H,5-6,9-11H2,1-4H3;5-6,9-10H,4,7-8H2,1-3H3;5-6H,1-4H3;4-5H,1-3H2;3H2,1-2H3;3H,1-2H3;1H4;1H;1H2;/q;;;;;-1;;;;+2/p-1/t14-,27+;21-;;;;;;;;/m01......../s1. The van der Waals surface area contributed by atoms with Gasteiger partial charge in [-0.3, -0.25) is 9.59 Å². The number of aliphatic hydroxyl groups is 1. The van der Waals surface area contributed by atoms with Crippen molar-refractivity contribution in [3.63, 3.8) is 0 Å². The zero-order valence-corrected chi connectivity index (χ0v) is 49.6. The summed E-state index contributed by atoms with van der Waals surface area (Å²) in [5.74, 6) is 0.327. The van der Waals surface area contributed by atoms with E-state index in [-0.39, 0.29) is 42.6 Å². The number of hydrogen-bond donors (Lipinski definition) is 2. The number of carbonyl (C=O) groups excluding carboxylic acids is 2. The van der Waals surface area contributed by atoms with Gasteiger partial charge in [0.15, 0.2) is 6.29 Å². The molecule has 0 aliphatic carbocycles. The second kappa shape index (κ2) is 52.7. The van der Waals surface area contributed by atoms with Gasteiger partial charge >= 0.3 is 40.6 Å². The molecule has 1 saturated heterocycles. The van der Waals surface area contributed by atoms with Crippen LogP contribution in [0.4, 0.5) is 0 Å². The number of carbonyl (C=O) groups is 2. The average molecular weight is 1150 g/mol. The van der Waals surface area contributed by atoms with Gasteiger partial charge in [0.05, 0.1) is 71.6 Å². The van der Waals surface area contributed by atoms with Gasteiger partial charge in [0, 0.05) is 79.2 Å². The maximum atomic E-state index is 12.5. The zero-order chi connectivity index (χ0) is 56.0. The molecule has 1 aliphatic heterocycles. The number of azide groups is 2. The van der Waals surface area contributed by atoms with Crippen LogP contribution in [0.15, 0.2) is 51.3 Å². The number of esters is 2. The van der Waals surface area contributed by atoms with E-state index in [1.807, 2.05) is 89.5 Å². The van der Waals surface area contributed by atoms with Gasteiger partial charge < -0.3 is 45.4 Å². The first-order valence-electron chi connectivity index (χ1n) is 23.4. The minimum absolute atomic E-state index is 0. The van der Waals surface area contributed by atoms with Crippen LogP contribution in [0.3, 0.4) is 0 Å². The topological polar surface area (TPSA) is 323 Å². The van der Waals surface area contributed by atoms with Crippen LogP contribution in [-0.2, 0) is 69.9 Å². The molecule has 0 spiro atoms. The molecule has 4 atom stereocenters. The van der Waals surface area contributed by atoms with Crippen molar-refractivity contribution in [1.82, 2.24) is 14.7 Å². The fourth-order valence-electron chi connectivity index (χ4n) is 4.45. The van der Waals surface area contributed by atoms with E-state index < -0.39 is 39.1 Å². The van der Waals surface area contributed by atoms with Crippen molar-refractivity contribution >= 4 is 49.4 Å². The van der Waals surface area contributed by atoms with Gasteiger partial charge in [0.1, 0.15) is 11.0 Å². The van der Waals surface area contributed by atoms with Gasteiger partial charge in [0.25, 0.3) is 0 Å². The molecule has 1 aliphatic rings. The minimum atomic E-state index is -1.36. The van der Waals surface area contributed by atoms with E-state index in [1.54, 1.807) is 56.7 Å². The molecule has 0 saturated carbocycles. The molecule has 0 radical (unpaired) electrons. The van der Waals surface area contributed by atoms with Crippen molar-refractivity contribution < 1.29 is 76.4 Å². The second-order valence-electron chi connectivity index (χ2n) is 17.0. The number of nitrogens with one attached hydrogen (secondary N) is 1. The molecular formula is C48H89ClN10O12S2Ti. The van der Waals surface area contributed by atoms with E-state index in [0.717, 1.165) is 25.0 Å². The van der Waals surface area contributed by atoms with Gasteiger partial charge in [0.2, 0.25) is 11.8 Å². The summed E-state index contributed by atoms with van der Waals surface area (Å²) in [6, 6.07) is 6.47. The van der Waals surface area contributed by atoms with Gasteiger partial charge in [-0.15, -0.1) is 0 Å². The second-order valence-corrected chi connectivity index (χ2v) is 21.0. The monoisotopic (exact) mass is 1140 g/mol. The molecule has 22 nitrogen and oxygen atoms in total. The van der Waals surface area contributed by atoms with Crippen LogP contribution < -0.4 is 14.2 Å². The normalized spacial score (nSPS) is 13.3. The molecule has 0 bridgehead atoms. The first-order chi connectivity index (χ1) is 33.9. The van der Waals surface area contributed by atoms with Crippen molar-refractivity contribution in [2.75, 3.05) is 46.1 Å². The Morgan fingerprint density at radius 1 is 0.905 bits per heavy atom. The predicted octanol–water partition coefficient (Wildman–Crippen LogP) is 10.5. The van der Waals surface area contributed by atoms with E-state index in [2.05, 4.69) is 53.2 Å². The Bertz CT molecular complexity index is 1840. The van der Waals surface area contributed by atoms with E-state index in [0.29, 0.717) is 75.3 Å². The Morgan fingerprint density at radius 3 is 1.69 bits per heavy atom. The number of nitrogens with zero attached hydrogens (tertiary/aromatic N) is 9. The molecule has 26 heteroatoms. The van der Waals surface area contributed by atoms with Crippen LogP contribution >= 0.6 is 9.30 Å². The van der Waals surface area contributed by atoms with Crippen molar-refractivity contribution in [1.29, 1.82) is 0 Å². The molecule has 426 valence electrons. The number of halogens is 1. The molecule has 1 unspecified atom stereocenters. The summed E-state index contributed by atoms with van der Waals surface area (Å²) in [6.07, 6.45) is 10.1. The van der Waals surface area contributed by atoms with Crippen LogP contribution in [0.1, 0.15) is 161 Å². The molecule has 3 heterocycles. The summed E-state index contributed by atoms with van der Waals surface area (Å²) >= 11 is 1.47. The molecule has 3 rings (SSSR count). The third-order valence-electron chi connectivity index (χ3n) is 7.45. The van der Waals surface area contributed by atoms with Gasteiger partial charge in [-0.25, -0.2) is 23.1 Å². The summed E-state index contributed by atoms with van der Waals surface area (Å²) in [5.41, 5.74) is 17.8. The molecule has 2 aromatic heterocycles. The first kappa shape index (κ1) is 81.6. The van der Waals surface area contributed by atoms with E-state index in [9.17, 15) is 18.0 Å². The van der Waals surface area contributed by atoms with Crippen molar-refractivity contribution in [3.8, 4) is 11.8 Å². The number of aromatic nitrogens is 2. The molecule has 4 N–H and O–H groups in total. The third-order valence-corrected chi connectivity index (χ3v) is 10.4. The van der Waals surface area contributed by atoms with Crippen LogP contribution in [0.5, 0.6) is 11.8 Å². The molecule has 74 heavy (non-hydrogen) atoms. The Balaban J connectivity index is -0.000000215. The van der Waals surface area contributed by atoms with Crippen molar-refractivity contribution in [2.45, 2.75) is 177 Å². The fourth-order valence-corrected chi connectivity index (χ4v) is 5.81. The van der Waals surface area contributed by atoms with Gasteiger partial charge in [-0.05, 0) is 125 Å². The Kier molecular flexibility index (Phi) is 58.1. The van der Waals surface area contributed by atoms with E-state index in [1.165, 1.54) is 26.3 Å². The zero-order valence-electron chi connectivity index (χ0n) is 45.7. The summed E-state index contributed by atoms with van der Waals surface area (Å²) in [6.45, 7) is 31.3.